The van der Waals surface area contributed by atoms with Crippen molar-refractivity contribution in [3.63, 3.8) is 0 Å². The number of hydrogen-bond donors (Lipinski definition) is 0. The quantitative estimate of drug-likeness (QED) is 0.598. The smallest absolute Gasteiger partial charge is 0.419 e. The number of pyridine rings is 1. The standard InChI is InChI=1S/C17H10F5NO/c1-24-14-8-9(2-5-13(14)18)10-6-7-23-16-11(10)3-4-12(15(16)19)17(20,21)22/h2-8H,1H3. The van der Waals surface area contributed by atoms with Crippen LogP contribution in [-0.2, 0) is 6.18 Å². The lowest BCUT2D eigenvalue weighted by Crippen LogP contribution is -2.08. The molecule has 0 aliphatic rings. The molecule has 0 bridgehead atoms. The Kier molecular flexibility index (Phi) is 3.87. The van der Waals surface area contributed by atoms with Crippen LogP contribution in [0.25, 0.3) is 22.0 Å². The van der Waals surface area contributed by atoms with Crippen LogP contribution in [0.3, 0.4) is 0 Å². The summed E-state index contributed by atoms with van der Waals surface area (Å²) >= 11 is 0. The van der Waals surface area contributed by atoms with Gasteiger partial charge < -0.3 is 4.74 Å². The third-order valence-corrected chi connectivity index (χ3v) is 3.62. The zero-order chi connectivity index (χ0) is 17.5. The molecule has 3 rings (SSSR count). The van der Waals surface area contributed by atoms with E-state index in [-0.39, 0.29) is 11.1 Å². The van der Waals surface area contributed by atoms with E-state index in [1.54, 1.807) is 0 Å². The zero-order valence-corrected chi connectivity index (χ0v) is 12.3. The Balaban J connectivity index is 2.26. The Hall–Kier alpha value is -2.70. The highest BCUT2D eigenvalue weighted by Crippen LogP contribution is 2.37. The summed E-state index contributed by atoms with van der Waals surface area (Å²) in [6.45, 7) is 0. The van der Waals surface area contributed by atoms with Crippen molar-refractivity contribution in [2.45, 2.75) is 6.18 Å². The van der Waals surface area contributed by atoms with Crippen molar-refractivity contribution in [1.82, 2.24) is 4.98 Å². The van der Waals surface area contributed by atoms with Gasteiger partial charge in [0.15, 0.2) is 17.4 Å². The minimum Gasteiger partial charge on any atom is -0.494 e. The van der Waals surface area contributed by atoms with Crippen molar-refractivity contribution >= 4 is 10.9 Å². The van der Waals surface area contributed by atoms with Crippen molar-refractivity contribution in [3.05, 3.63) is 59.8 Å². The first kappa shape index (κ1) is 16.2. The molecule has 0 saturated carbocycles. The van der Waals surface area contributed by atoms with Gasteiger partial charge in [0.1, 0.15) is 5.52 Å². The van der Waals surface area contributed by atoms with Crippen LogP contribution in [0, 0.1) is 11.6 Å². The molecule has 3 aromatic rings. The summed E-state index contributed by atoms with van der Waals surface area (Å²) < 4.78 is 71.1. The molecule has 24 heavy (non-hydrogen) atoms. The Morgan fingerprint density at radius 1 is 1.00 bits per heavy atom. The molecular weight excluding hydrogens is 329 g/mol. The Morgan fingerprint density at radius 2 is 1.75 bits per heavy atom. The highest BCUT2D eigenvalue weighted by atomic mass is 19.4. The molecular formula is C17H10F5NO. The Bertz CT molecular complexity index is 921. The summed E-state index contributed by atoms with van der Waals surface area (Å²) in [5.74, 6) is -2.04. The molecule has 0 aliphatic heterocycles. The van der Waals surface area contributed by atoms with Gasteiger partial charge in [-0.3, -0.25) is 4.98 Å². The van der Waals surface area contributed by atoms with Crippen LogP contribution in [0.15, 0.2) is 42.6 Å². The van der Waals surface area contributed by atoms with Crippen LogP contribution in [0.4, 0.5) is 22.0 Å². The molecule has 0 unspecified atom stereocenters. The predicted molar refractivity (Wildman–Crippen MR) is 78.6 cm³/mol. The van der Waals surface area contributed by atoms with Gasteiger partial charge in [-0.15, -0.1) is 0 Å². The molecule has 0 aliphatic carbocycles. The van der Waals surface area contributed by atoms with Gasteiger partial charge in [0.05, 0.1) is 12.7 Å². The first-order valence-corrected chi connectivity index (χ1v) is 6.81. The van der Waals surface area contributed by atoms with Crippen molar-refractivity contribution in [2.24, 2.45) is 0 Å². The lowest BCUT2D eigenvalue weighted by atomic mass is 9.99. The molecule has 2 aromatic carbocycles. The maximum atomic E-state index is 14.2. The van der Waals surface area contributed by atoms with Gasteiger partial charge in [-0.1, -0.05) is 12.1 Å². The normalized spacial score (nSPS) is 11.8. The summed E-state index contributed by atoms with van der Waals surface area (Å²) in [7, 11) is 1.29. The number of halogens is 5. The van der Waals surface area contributed by atoms with Gasteiger partial charge in [0.25, 0.3) is 0 Å². The number of ether oxygens (including phenoxy) is 1. The number of rotatable bonds is 2. The first-order valence-electron chi connectivity index (χ1n) is 6.81. The molecule has 0 radical (unpaired) electrons. The number of aromatic nitrogens is 1. The Labute approximate surface area is 133 Å². The second kappa shape index (κ2) is 5.74. The summed E-state index contributed by atoms with van der Waals surface area (Å²) in [6.07, 6.45) is -3.61. The molecule has 7 heteroatoms. The number of methoxy groups -OCH3 is 1. The minimum absolute atomic E-state index is 0.0233. The molecule has 0 saturated heterocycles. The van der Waals surface area contributed by atoms with Crippen molar-refractivity contribution in [3.8, 4) is 16.9 Å². The van der Waals surface area contributed by atoms with E-state index in [9.17, 15) is 22.0 Å². The SMILES string of the molecule is COc1cc(-c2ccnc3c(F)c(C(F)(F)F)ccc23)ccc1F. The molecule has 2 nitrogen and oxygen atoms in total. The average Bonchev–Trinajstić information content (AvgIpc) is 2.54. The summed E-state index contributed by atoms with van der Waals surface area (Å²) in [5.41, 5.74) is -0.882. The topological polar surface area (TPSA) is 22.1 Å². The van der Waals surface area contributed by atoms with Crippen LogP contribution in [0.1, 0.15) is 5.56 Å². The molecule has 124 valence electrons. The van der Waals surface area contributed by atoms with E-state index >= 15 is 0 Å². The van der Waals surface area contributed by atoms with E-state index in [4.69, 9.17) is 4.74 Å². The number of benzene rings is 2. The third kappa shape index (κ3) is 2.66. The second-order valence-electron chi connectivity index (χ2n) is 5.03. The lowest BCUT2D eigenvalue weighted by Gasteiger charge is -2.12. The van der Waals surface area contributed by atoms with Gasteiger partial charge in [-0.2, -0.15) is 13.2 Å². The van der Waals surface area contributed by atoms with Gasteiger partial charge in [0, 0.05) is 11.6 Å². The van der Waals surface area contributed by atoms with Gasteiger partial charge in [0.2, 0.25) is 0 Å². The molecule has 0 atom stereocenters. The van der Waals surface area contributed by atoms with Crippen LogP contribution >= 0.6 is 0 Å². The average molecular weight is 339 g/mol. The Morgan fingerprint density at radius 3 is 2.42 bits per heavy atom. The van der Waals surface area contributed by atoms with E-state index in [0.29, 0.717) is 17.2 Å². The van der Waals surface area contributed by atoms with Crippen LogP contribution in [0.2, 0.25) is 0 Å². The van der Waals surface area contributed by atoms with Crippen LogP contribution in [0.5, 0.6) is 5.75 Å². The summed E-state index contributed by atoms with van der Waals surface area (Å²) in [6, 6.07) is 7.33. The van der Waals surface area contributed by atoms with Crippen LogP contribution < -0.4 is 4.74 Å². The van der Waals surface area contributed by atoms with E-state index in [1.807, 2.05) is 0 Å². The summed E-state index contributed by atoms with van der Waals surface area (Å²) in [4.78, 5) is 3.72. The zero-order valence-electron chi connectivity index (χ0n) is 12.3. The third-order valence-electron chi connectivity index (χ3n) is 3.62. The highest BCUT2D eigenvalue weighted by molar-refractivity contribution is 5.95. The fourth-order valence-corrected chi connectivity index (χ4v) is 2.48. The van der Waals surface area contributed by atoms with E-state index in [0.717, 1.165) is 6.07 Å². The molecule has 0 N–H and O–H groups in total. The van der Waals surface area contributed by atoms with E-state index < -0.39 is 28.9 Å². The van der Waals surface area contributed by atoms with Crippen LogP contribution in [-0.4, -0.2) is 12.1 Å². The number of alkyl halides is 3. The second-order valence-corrected chi connectivity index (χ2v) is 5.03. The number of nitrogens with zero attached hydrogens (tertiary/aromatic N) is 1. The summed E-state index contributed by atoms with van der Waals surface area (Å²) in [5, 5.41) is 0.191. The van der Waals surface area contributed by atoms with Crippen molar-refractivity contribution < 1.29 is 26.7 Å². The molecule has 0 fully saturated rings. The fourth-order valence-electron chi connectivity index (χ4n) is 2.48. The molecule has 1 heterocycles. The van der Waals surface area contributed by atoms with E-state index in [1.165, 1.54) is 37.6 Å². The molecule has 1 aromatic heterocycles. The van der Waals surface area contributed by atoms with Crippen molar-refractivity contribution in [2.75, 3.05) is 7.11 Å². The van der Waals surface area contributed by atoms with Gasteiger partial charge in [-0.05, 0) is 35.4 Å². The number of fused-ring (bicyclic) bond motifs is 1. The fraction of sp³-hybridized carbons (Fsp3) is 0.118. The monoisotopic (exact) mass is 339 g/mol. The predicted octanol–water partition coefficient (Wildman–Crippen LogP) is 5.21. The number of hydrogen-bond acceptors (Lipinski definition) is 2. The van der Waals surface area contributed by atoms with Gasteiger partial charge >= 0.3 is 6.18 Å². The maximum Gasteiger partial charge on any atom is 0.419 e. The minimum atomic E-state index is -4.81. The van der Waals surface area contributed by atoms with Gasteiger partial charge in [-0.25, -0.2) is 8.78 Å². The largest absolute Gasteiger partial charge is 0.494 e. The first-order chi connectivity index (χ1) is 11.3. The van der Waals surface area contributed by atoms with Crippen molar-refractivity contribution in [1.29, 1.82) is 0 Å². The maximum absolute atomic E-state index is 14.2. The van der Waals surface area contributed by atoms with E-state index in [2.05, 4.69) is 4.98 Å². The molecule has 0 amide bonds. The lowest BCUT2D eigenvalue weighted by molar-refractivity contribution is -0.139. The highest BCUT2D eigenvalue weighted by Gasteiger charge is 2.35. The molecule has 0 spiro atoms.